The van der Waals surface area contributed by atoms with Gasteiger partial charge in [-0.1, -0.05) is 67.2 Å². The Morgan fingerprint density at radius 1 is 1.10 bits per heavy atom. The number of fused-ring (bicyclic) bond motifs is 2. The van der Waals surface area contributed by atoms with Crippen LogP contribution >= 0.6 is 0 Å². The number of hydrogen-bond acceptors (Lipinski definition) is 8. The maximum Gasteiger partial charge on any atom is 0.414 e. The highest BCUT2D eigenvalue weighted by Gasteiger charge is 2.44. The molecule has 4 aromatic rings. The van der Waals surface area contributed by atoms with Gasteiger partial charge in [0.15, 0.2) is 17.5 Å². The lowest BCUT2D eigenvalue weighted by molar-refractivity contribution is -0.229. The molecule has 2 aromatic carbocycles. The molecule has 1 saturated heterocycles. The van der Waals surface area contributed by atoms with Crippen molar-refractivity contribution in [1.82, 2.24) is 19.5 Å². The van der Waals surface area contributed by atoms with E-state index in [1.165, 1.54) is 0 Å². The number of carbonyl (C=O) groups is 1. The molecule has 1 saturated carbocycles. The highest BCUT2D eigenvalue weighted by atomic mass is 16.7. The Morgan fingerprint density at radius 3 is 2.56 bits per heavy atom. The molecule has 1 aliphatic heterocycles. The molecule has 1 aliphatic carbocycles. The van der Waals surface area contributed by atoms with Crippen molar-refractivity contribution in [2.45, 2.75) is 57.8 Å². The Hall–Kier alpha value is -4.28. The maximum atomic E-state index is 12.6. The molecule has 41 heavy (non-hydrogen) atoms. The molecule has 2 aromatic heterocycles. The molecular formula is C31H33N5O5. The van der Waals surface area contributed by atoms with Crippen LogP contribution in [-0.4, -0.2) is 43.9 Å². The first-order chi connectivity index (χ1) is 19.7. The Balaban J connectivity index is 1.30. The molecule has 10 nitrogen and oxygen atoms in total. The third-order valence-corrected chi connectivity index (χ3v) is 7.16. The van der Waals surface area contributed by atoms with Crippen molar-refractivity contribution in [3.8, 4) is 5.88 Å². The summed E-state index contributed by atoms with van der Waals surface area (Å²) in [4.78, 5) is 26.3. The van der Waals surface area contributed by atoms with Crippen molar-refractivity contribution in [2.24, 2.45) is 5.92 Å². The van der Waals surface area contributed by atoms with Crippen molar-refractivity contribution >= 4 is 23.2 Å². The molecule has 1 N–H and O–H groups in total. The summed E-state index contributed by atoms with van der Waals surface area (Å²) >= 11 is 0. The van der Waals surface area contributed by atoms with Crippen LogP contribution in [0, 0.1) is 5.92 Å². The molecule has 4 atom stereocenters. The molecule has 3 heterocycles. The minimum atomic E-state index is -0.680. The van der Waals surface area contributed by atoms with Gasteiger partial charge in [0.05, 0.1) is 25.1 Å². The van der Waals surface area contributed by atoms with Gasteiger partial charge in [0.25, 0.3) is 0 Å². The van der Waals surface area contributed by atoms with E-state index in [9.17, 15) is 4.79 Å². The minimum absolute atomic E-state index is 0.0346. The summed E-state index contributed by atoms with van der Waals surface area (Å²) in [7, 11) is 0. The Kier molecular flexibility index (Phi) is 7.19. The number of nitrogens with one attached hydrogen (secondary N) is 1. The summed E-state index contributed by atoms with van der Waals surface area (Å²) in [6.07, 6.45) is 1.24. The average molecular weight is 556 g/mol. The SMILES string of the molecule is C=C1[C@@H]2COC(c3ccccc3)O[C@H]2C[C@@H]1n1cnc2c(OCc3ccccc3)nc(NC(=O)OC(C)(C)C)nc21. The van der Waals surface area contributed by atoms with E-state index in [-0.39, 0.29) is 36.5 Å². The summed E-state index contributed by atoms with van der Waals surface area (Å²) in [6, 6.07) is 19.5. The fourth-order valence-electron chi connectivity index (χ4n) is 5.25. The van der Waals surface area contributed by atoms with Gasteiger partial charge >= 0.3 is 6.09 Å². The second-order valence-electron chi connectivity index (χ2n) is 11.3. The molecule has 1 amide bonds. The van der Waals surface area contributed by atoms with Crippen LogP contribution in [0.5, 0.6) is 5.88 Å². The van der Waals surface area contributed by atoms with E-state index in [2.05, 4.69) is 26.8 Å². The number of hydrogen-bond donors (Lipinski definition) is 1. The summed E-state index contributed by atoms with van der Waals surface area (Å²) < 4.78 is 26.0. The Bertz CT molecular complexity index is 1550. The molecule has 212 valence electrons. The Morgan fingerprint density at radius 2 is 1.83 bits per heavy atom. The second kappa shape index (κ2) is 10.9. The van der Waals surface area contributed by atoms with Crippen LogP contribution in [0.2, 0.25) is 0 Å². The van der Waals surface area contributed by atoms with Crippen LogP contribution in [0.25, 0.3) is 11.2 Å². The van der Waals surface area contributed by atoms with Crippen molar-refractivity contribution in [2.75, 3.05) is 11.9 Å². The molecule has 0 spiro atoms. The lowest BCUT2D eigenvalue weighted by atomic mass is 10.0. The molecule has 1 unspecified atom stereocenters. The Labute approximate surface area is 238 Å². The van der Waals surface area contributed by atoms with Crippen molar-refractivity contribution in [1.29, 1.82) is 0 Å². The van der Waals surface area contributed by atoms with Crippen molar-refractivity contribution in [3.05, 3.63) is 90.3 Å². The number of carbonyl (C=O) groups excluding carboxylic acids is 1. The smallest absolute Gasteiger partial charge is 0.414 e. The molecule has 2 fully saturated rings. The van der Waals surface area contributed by atoms with Gasteiger partial charge < -0.3 is 23.5 Å². The van der Waals surface area contributed by atoms with Crippen LogP contribution in [0.15, 0.2) is 79.1 Å². The molecule has 0 radical (unpaired) electrons. The standard InChI is InChI=1S/C31H33N5O5/c1-19-22-17-39-28(21-13-9-6-10-14-21)40-24(22)15-23(19)36-18-32-25-26(36)33-29(35-30(37)41-31(2,3)4)34-27(25)38-16-20-11-7-5-8-12-20/h5-14,18,22-24,28H,1,15-17H2,2-4H3,(H,33,34,35,37)/t22-,23-,24-,28?/m0/s1. The highest BCUT2D eigenvalue weighted by Crippen LogP contribution is 2.46. The first kappa shape index (κ1) is 26.9. The average Bonchev–Trinajstić information content (AvgIpc) is 3.52. The van der Waals surface area contributed by atoms with Crippen LogP contribution in [0.1, 0.15) is 50.7 Å². The summed E-state index contributed by atoms with van der Waals surface area (Å²) in [5.74, 6) is 0.349. The fraction of sp³-hybridized carbons (Fsp3) is 0.355. The quantitative estimate of drug-likeness (QED) is 0.289. The van der Waals surface area contributed by atoms with Crippen molar-refractivity contribution < 1.29 is 23.7 Å². The summed E-state index contributed by atoms with van der Waals surface area (Å²) in [6.45, 7) is 10.6. The monoisotopic (exact) mass is 555 g/mol. The number of imidazole rings is 1. The minimum Gasteiger partial charge on any atom is -0.471 e. The molecule has 6 rings (SSSR count). The van der Waals surface area contributed by atoms with E-state index in [1.807, 2.05) is 65.2 Å². The molecule has 2 aliphatic rings. The second-order valence-corrected chi connectivity index (χ2v) is 11.3. The maximum absolute atomic E-state index is 12.6. The van der Waals surface area contributed by atoms with E-state index in [4.69, 9.17) is 18.9 Å². The van der Waals surface area contributed by atoms with E-state index in [0.717, 1.165) is 16.7 Å². The highest BCUT2D eigenvalue weighted by molar-refractivity contribution is 5.85. The first-order valence-electron chi connectivity index (χ1n) is 13.7. The largest absolute Gasteiger partial charge is 0.471 e. The zero-order valence-electron chi connectivity index (χ0n) is 23.3. The molecule has 10 heteroatoms. The van der Waals surface area contributed by atoms with Crippen LogP contribution < -0.4 is 10.1 Å². The third kappa shape index (κ3) is 5.79. The zero-order valence-corrected chi connectivity index (χ0v) is 23.3. The van der Waals surface area contributed by atoms with Gasteiger partial charge in [0.2, 0.25) is 11.8 Å². The third-order valence-electron chi connectivity index (χ3n) is 7.16. The first-order valence-corrected chi connectivity index (χ1v) is 13.7. The summed E-state index contributed by atoms with van der Waals surface area (Å²) in [5.41, 5.74) is 3.25. The molecular weight excluding hydrogens is 522 g/mol. The topological polar surface area (TPSA) is 110 Å². The fourth-order valence-corrected chi connectivity index (χ4v) is 5.25. The van der Waals surface area contributed by atoms with E-state index < -0.39 is 18.0 Å². The van der Waals surface area contributed by atoms with E-state index >= 15 is 0 Å². The van der Waals surface area contributed by atoms with Gasteiger partial charge in [-0.3, -0.25) is 5.32 Å². The van der Waals surface area contributed by atoms with Gasteiger partial charge in [-0.2, -0.15) is 9.97 Å². The predicted molar refractivity (Wildman–Crippen MR) is 152 cm³/mol. The number of ether oxygens (including phenoxy) is 4. The number of amides is 1. The zero-order chi connectivity index (χ0) is 28.6. The van der Waals surface area contributed by atoms with Gasteiger partial charge in [0, 0.05) is 11.5 Å². The van der Waals surface area contributed by atoms with E-state index in [0.29, 0.717) is 24.2 Å². The van der Waals surface area contributed by atoms with Gasteiger partial charge in [-0.15, -0.1) is 0 Å². The number of aromatic nitrogens is 4. The normalized spacial score (nSPS) is 22.4. The van der Waals surface area contributed by atoms with E-state index in [1.54, 1.807) is 27.1 Å². The van der Waals surface area contributed by atoms with Crippen LogP contribution in [0.3, 0.4) is 0 Å². The van der Waals surface area contributed by atoms with Gasteiger partial charge in [-0.25, -0.2) is 9.78 Å². The number of rotatable bonds is 6. The van der Waals surface area contributed by atoms with Gasteiger partial charge in [0.1, 0.15) is 12.2 Å². The lowest BCUT2D eigenvalue weighted by Gasteiger charge is -2.33. The van der Waals surface area contributed by atoms with Gasteiger partial charge in [-0.05, 0) is 38.3 Å². The predicted octanol–water partition coefficient (Wildman–Crippen LogP) is 5.98. The van der Waals surface area contributed by atoms with Crippen LogP contribution in [0.4, 0.5) is 10.7 Å². The summed E-state index contributed by atoms with van der Waals surface area (Å²) in [5, 5.41) is 2.65. The van der Waals surface area contributed by atoms with Crippen LogP contribution in [-0.2, 0) is 20.8 Å². The number of nitrogens with zero attached hydrogens (tertiary/aromatic N) is 4. The van der Waals surface area contributed by atoms with Crippen molar-refractivity contribution in [3.63, 3.8) is 0 Å². The number of benzene rings is 2. The lowest BCUT2D eigenvalue weighted by Crippen LogP contribution is -2.32. The molecule has 0 bridgehead atoms. The number of anilines is 1.